The summed E-state index contributed by atoms with van der Waals surface area (Å²) < 4.78 is 1.78. The lowest BCUT2D eigenvalue weighted by atomic mass is 10.3. The van der Waals surface area contributed by atoms with E-state index < -0.39 is 0 Å². The monoisotopic (exact) mass is 264 g/mol. The van der Waals surface area contributed by atoms with E-state index in [-0.39, 0.29) is 11.9 Å². The molecule has 0 fully saturated rings. The molecule has 0 unspecified atom stereocenters. The van der Waals surface area contributed by atoms with E-state index in [1.807, 2.05) is 20.8 Å². The van der Waals surface area contributed by atoms with E-state index >= 15 is 0 Å². The quantitative estimate of drug-likeness (QED) is 0.843. The van der Waals surface area contributed by atoms with Gasteiger partial charge in [-0.2, -0.15) is 10.2 Å². The van der Waals surface area contributed by atoms with Crippen LogP contribution in [0, 0.1) is 0 Å². The summed E-state index contributed by atoms with van der Waals surface area (Å²) in [6.07, 6.45) is 2.45. The van der Waals surface area contributed by atoms with Crippen molar-refractivity contribution in [2.24, 2.45) is 5.10 Å². The summed E-state index contributed by atoms with van der Waals surface area (Å²) >= 11 is 0. The molecule has 0 saturated heterocycles. The Morgan fingerprint density at radius 1 is 1.58 bits per heavy atom. The molecular weight excluding hydrogens is 244 g/mol. The lowest BCUT2D eigenvalue weighted by Gasteiger charge is -2.17. The molecule has 0 radical (unpaired) electrons. The van der Waals surface area contributed by atoms with Crippen molar-refractivity contribution >= 4 is 11.6 Å². The third-order valence-corrected chi connectivity index (χ3v) is 3.08. The Balaban J connectivity index is 1.88. The summed E-state index contributed by atoms with van der Waals surface area (Å²) in [6.45, 7) is 7.73. The molecule has 1 aliphatic heterocycles. The molecule has 1 aromatic rings. The van der Waals surface area contributed by atoms with Gasteiger partial charge >= 0.3 is 0 Å². The van der Waals surface area contributed by atoms with Crippen molar-refractivity contribution in [3.05, 3.63) is 12.2 Å². The first-order valence-electron chi connectivity index (χ1n) is 6.56. The highest BCUT2D eigenvalue weighted by Gasteiger charge is 2.18. The van der Waals surface area contributed by atoms with Crippen LogP contribution in [-0.4, -0.2) is 44.5 Å². The standard InChI is InChI=1S/C12H20N6O/c1-4-18-12(13-8-14-18)10(3)15-11(19)7-17-6-5-9(2)16-17/h8,10H,4-7H2,1-3H3,(H,15,19)/t10-/m1/s1. The number of amides is 1. The Kier molecular flexibility index (Phi) is 4.13. The molecule has 19 heavy (non-hydrogen) atoms. The van der Waals surface area contributed by atoms with Crippen molar-refractivity contribution in [3.63, 3.8) is 0 Å². The maximum atomic E-state index is 11.9. The first-order valence-corrected chi connectivity index (χ1v) is 6.56. The molecule has 2 heterocycles. The van der Waals surface area contributed by atoms with Gasteiger partial charge in [0.15, 0.2) is 0 Å². The van der Waals surface area contributed by atoms with Crippen molar-refractivity contribution in [1.82, 2.24) is 25.1 Å². The molecule has 1 aliphatic rings. The highest BCUT2D eigenvalue weighted by molar-refractivity contribution is 5.84. The number of carbonyl (C=O) groups excluding carboxylic acids is 1. The summed E-state index contributed by atoms with van der Waals surface area (Å²) in [7, 11) is 0. The second-order valence-electron chi connectivity index (χ2n) is 4.70. The lowest BCUT2D eigenvalue weighted by molar-refractivity contribution is -0.122. The van der Waals surface area contributed by atoms with Gasteiger partial charge in [-0.25, -0.2) is 9.67 Å². The number of hydrogen-bond donors (Lipinski definition) is 1. The topological polar surface area (TPSA) is 75.4 Å². The molecule has 1 atom stereocenters. The minimum atomic E-state index is -0.150. The number of aromatic nitrogens is 3. The summed E-state index contributed by atoms with van der Waals surface area (Å²) in [5, 5.41) is 13.1. The highest BCUT2D eigenvalue weighted by Crippen LogP contribution is 2.09. The number of hydrogen-bond acceptors (Lipinski definition) is 5. The van der Waals surface area contributed by atoms with Crippen LogP contribution >= 0.6 is 0 Å². The summed E-state index contributed by atoms with van der Waals surface area (Å²) in [6, 6.07) is -0.150. The van der Waals surface area contributed by atoms with Gasteiger partial charge in [0.2, 0.25) is 5.91 Å². The van der Waals surface area contributed by atoms with Crippen LogP contribution in [0.15, 0.2) is 11.4 Å². The van der Waals surface area contributed by atoms with E-state index in [1.165, 1.54) is 6.33 Å². The van der Waals surface area contributed by atoms with Crippen LogP contribution in [0.1, 0.15) is 39.1 Å². The SMILES string of the molecule is CCn1ncnc1[C@@H](C)NC(=O)CN1CCC(C)=N1. The van der Waals surface area contributed by atoms with Gasteiger partial charge in [0, 0.05) is 25.2 Å². The number of hydrazone groups is 1. The predicted molar refractivity (Wildman–Crippen MR) is 71.6 cm³/mol. The van der Waals surface area contributed by atoms with Gasteiger partial charge in [-0.3, -0.25) is 9.80 Å². The highest BCUT2D eigenvalue weighted by atomic mass is 16.2. The minimum Gasteiger partial charge on any atom is -0.345 e. The summed E-state index contributed by atoms with van der Waals surface area (Å²) in [5.74, 6) is 0.730. The van der Waals surface area contributed by atoms with Crippen LogP contribution in [0.2, 0.25) is 0 Å². The van der Waals surface area contributed by atoms with Crippen molar-refractivity contribution in [2.75, 3.05) is 13.1 Å². The zero-order valence-electron chi connectivity index (χ0n) is 11.6. The predicted octanol–water partition coefficient (Wildman–Crippen LogP) is 0.557. The van der Waals surface area contributed by atoms with Gasteiger partial charge in [-0.15, -0.1) is 0 Å². The van der Waals surface area contributed by atoms with E-state index in [1.54, 1.807) is 9.69 Å². The molecule has 1 N–H and O–H groups in total. The molecule has 0 bridgehead atoms. The first-order chi connectivity index (χ1) is 9.10. The Morgan fingerprint density at radius 3 is 3.00 bits per heavy atom. The van der Waals surface area contributed by atoms with Gasteiger partial charge in [-0.05, 0) is 20.8 Å². The summed E-state index contributed by atoms with van der Waals surface area (Å²) in [5.41, 5.74) is 1.08. The van der Waals surface area contributed by atoms with Crippen molar-refractivity contribution in [3.8, 4) is 0 Å². The van der Waals surface area contributed by atoms with Crippen molar-refractivity contribution in [1.29, 1.82) is 0 Å². The van der Waals surface area contributed by atoms with Crippen LogP contribution in [0.25, 0.3) is 0 Å². The maximum absolute atomic E-state index is 11.9. The van der Waals surface area contributed by atoms with E-state index in [0.29, 0.717) is 6.54 Å². The maximum Gasteiger partial charge on any atom is 0.241 e. The molecule has 2 rings (SSSR count). The van der Waals surface area contributed by atoms with Crippen LogP contribution in [0.3, 0.4) is 0 Å². The Hall–Kier alpha value is -1.92. The molecule has 7 heteroatoms. The number of rotatable bonds is 5. The third kappa shape index (κ3) is 3.30. The van der Waals surface area contributed by atoms with Gasteiger partial charge in [0.25, 0.3) is 0 Å². The Morgan fingerprint density at radius 2 is 2.37 bits per heavy atom. The zero-order chi connectivity index (χ0) is 13.8. The third-order valence-electron chi connectivity index (χ3n) is 3.08. The second kappa shape index (κ2) is 5.81. The van der Waals surface area contributed by atoms with Crippen molar-refractivity contribution < 1.29 is 4.79 Å². The van der Waals surface area contributed by atoms with E-state index in [4.69, 9.17) is 0 Å². The lowest BCUT2D eigenvalue weighted by Crippen LogP contribution is -2.36. The van der Waals surface area contributed by atoms with Gasteiger partial charge in [-0.1, -0.05) is 0 Å². The number of nitrogens with zero attached hydrogens (tertiary/aromatic N) is 5. The van der Waals surface area contributed by atoms with Gasteiger partial charge in [0.1, 0.15) is 18.7 Å². The van der Waals surface area contributed by atoms with Crippen LogP contribution in [0.4, 0.5) is 0 Å². The molecule has 0 aromatic carbocycles. The van der Waals surface area contributed by atoms with Crippen LogP contribution < -0.4 is 5.32 Å². The average molecular weight is 264 g/mol. The van der Waals surface area contributed by atoms with Gasteiger partial charge in [0.05, 0.1) is 6.04 Å². The largest absolute Gasteiger partial charge is 0.345 e. The molecule has 104 valence electrons. The minimum absolute atomic E-state index is 0.0448. The zero-order valence-corrected chi connectivity index (χ0v) is 11.6. The molecule has 0 spiro atoms. The summed E-state index contributed by atoms with van der Waals surface area (Å²) in [4.78, 5) is 16.1. The van der Waals surface area contributed by atoms with Crippen molar-refractivity contribution in [2.45, 2.75) is 39.8 Å². The molecule has 7 nitrogen and oxygen atoms in total. The van der Waals surface area contributed by atoms with E-state index in [2.05, 4.69) is 20.5 Å². The Labute approximate surface area is 112 Å². The fourth-order valence-corrected chi connectivity index (χ4v) is 2.12. The first kappa shape index (κ1) is 13.5. The van der Waals surface area contributed by atoms with Gasteiger partial charge < -0.3 is 5.32 Å². The normalized spacial score (nSPS) is 16.4. The smallest absolute Gasteiger partial charge is 0.241 e. The Bertz CT molecular complexity index is 480. The molecule has 0 aliphatic carbocycles. The fourth-order valence-electron chi connectivity index (χ4n) is 2.12. The van der Waals surface area contributed by atoms with Crippen LogP contribution in [-0.2, 0) is 11.3 Å². The molecule has 0 saturated carbocycles. The molecular formula is C12H20N6O. The van der Waals surface area contributed by atoms with Crippen LogP contribution in [0.5, 0.6) is 0 Å². The number of carbonyl (C=O) groups is 1. The molecule has 1 amide bonds. The fraction of sp³-hybridized carbons (Fsp3) is 0.667. The van der Waals surface area contributed by atoms with E-state index in [0.717, 1.165) is 31.0 Å². The number of nitrogens with one attached hydrogen (secondary N) is 1. The molecule has 1 aromatic heterocycles. The van der Waals surface area contributed by atoms with E-state index in [9.17, 15) is 4.79 Å². The average Bonchev–Trinajstić information content (AvgIpc) is 2.97. The number of aryl methyl sites for hydroxylation is 1. The second-order valence-corrected chi connectivity index (χ2v) is 4.70.